The van der Waals surface area contributed by atoms with Crippen molar-refractivity contribution in [1.29, 1.82) is 0 Å². The number of nitrogens with zero attached hydrogens (tertiary/aromatic N) is 3. The Kier molecular flexibility index (Phi) is 2.78. The van der Waals surface area contributed by atoms with E-state index in [9.17, 15) is 0 Å². The minimum absolute atomic E-state index is 0.0238. The van der Waals surface area contributed by atoms with E-state index < -0.39 is 0 Å². The van der Waals surface area contributed by atoms with Crippen molar-refractivity contribution >= 4 is 0 Å². The minimum atomic E-state index is 0.0238. The molecule has 78 valence electrons. The number of aromatic nitrogens is 3. The molecule has 2 aromatic rings. The highest BCUT2D eigenvalue weighted by Crippen LogP contribution is 2.13. The molecule has 2 heterocycles. The molecule has 15 heavy (non-hydrogen) atoms. The van der Waals surface area contributed by atoms with Crippen LogP contribution in [0.2, 0.25) is 0 Å². The molecule has 0 radical (unpaired) electrons. The fourth-order valence-corrected chi connectivity index (χ4v) is 1.59. The van der Waals surface area contributed by atoms with Crippen LogP contribution in [0.25, 0.3) is 5.82 Å². The third kappa shape index (κ3) is 1.76. The zero-order valence-electron chi connectivity index (χ0n) is 8.59. The number of pyridine rings is 1. The van der Waals surface area contributed by atoms with Crippen molar-refractivity contribution in [2.75, 3.05) is 0 Å². The fraction of sp³-hybridized carbons (Fsp3) is 0.273. The summed E-state index contributed by atoms with van der Waals surface area (Å²) in [4.78, 5) is 4.22. The van der Waals surface area contributed by atoms with Gasteiger partial charge in [0, 0.05) is 11.8 Å². The first kappa shape index (κ1) is 9.86. The molecule has 0 saturated carbocycles. The lowest BCUT2D eigenvalue weighted by Gasteiger charge is -2.05. The second-order valence-electron chi connectivity index (χ2n) is 3.23. The highest BCUT2D eigenvalue weighted by Gasteiger charge is 2.09. The molecule has 0 aliphatic heterocycles. The van der Waals surface area contributed by atoms with E-state index in [1.54, 1.807) is 17.1 Å². The van der Waals surface area contributed by atoms with Crippen LogP contribution in [-0.4, -0.2) is 19.9 Å². The van der Waals surface area contributed by atoms with Crippen molar-refractivity contribution in [3.8, 4) is 5.82 Å². The lowest BCUT2D eigenvalue weighted by molar-refractivity contribution is 0.280. The minimum Gasteiger partial charge on any atom is -0.392 e. The van der Waals surface area contributed by atoms with E-state index in [1.165, 1.54) is 0 Å². The van der Waals surface area contributed by atoms with E-state index >= 15 is 0 Å². The quantitative estimate of drug-likeness (QED) is 0.818. The number of aliphatic hydroxyl groups is 1. The number of rotatable bonds is 3. The standard InChI is InChI=1S/C11H13N3O/c1-2-10-9(8-15)7-13-14(10)11-5-3-4-6-12-11/h3-7,15H,2,8H2,1H3. The van der Waals surface area contributed by atoms with Crippen molar-refractivity contribution in [3.63, 3.8) is 0 Å². The first-order valence-electron chi connectivity index (χ1n) is 4.95. The summed E-state index contributed by atoms with van der Waals surface area (Å²) in [5.41, 5.74) is 1.87. The summed E-state index contributed by atoms with van der Waals surface area (Å²) in [6.45, 7) is 2.06. The van der Waals surface area contributed by atoms with Crippen LogP contribution in [0.4, 0.5) is 0 Å². The molecule has 0 aliphatic rings. The molecule has 0 bridgehead atoms. The Morgan fingerprint density at radius 1 is 1.40 bits per heavy atom. The number of aliphatic hydroxyl groups excluding tert-OH is 1. The van der Waals surface area contributed by atoms with Gasteiger partial charge in [-0.3, -0.25) is 0 Å². The molecule has 0 aromatic carbocycles. The van der Waals surface area contributed by atoms with Crippen LogP contribution in [0.1, 0.15) is 18.2 Å². The molecule has 0 unspecified atom stereocenters. The van der Waals surface area contributed by atoms with Gasteiger partial charge in [-0.2, -0.15) is 5.10 Å². The Morgan fingerprint density at radius 3 is 2.87 bits per heavy atom. The van der Waals surface area contributed by atoms with Crippen molar-refractivity contribution in [2.24, 2.45) is 0 Å². The van der Waals surface area contributed by atoms with E-state index in [0.717, 1.165) is 23.5 Å². The summed E-state index contributed by atoms with van der Waals surface area (Å²) >= 11 is 0. The molecule has 0 fully saturated rings. The fourth-order valence-electron chi connectivity index (χ4n) is 1.59. The maximum atomic E-state index is 9.14. The van der Waals surface area contributed by atoms with Gasteiger partial charge in [-0.1, -0.05) is 13.0 Å². The second kappa shape index (κ2) is 4.23. The maximum Gasteiger partial charge on any atom is 0.153 e. The van der Waals surface area contributed by atoms with Gasteiger partial charge in [0.05, 0.1) is 18.5 Å². The maximum absolute atomic E-state index is 9.14. The van der Waals surface area contributed by atoms with Crippen LogP contribution >= 0.6 is 0 Å². The molecule has 1 N–H and O–H groups in total. The molecule has 0 atom stereocenters. The zero-order chi connectivity index (χ0) is 10.7. The van der Waals surface area contributed by atoms with Gasteiger partial charge in [0.25, 0.3) is 0 Å². The smallest absolute Gasteiger partial charge is 0.153 e. The van der Waals surface area contributed by atoms with E-state index in [0.29, 0.717) is 0 Å². The summed E-state index contributed by atoms with van der Waals surface area (Å²) in [6.07, 6.45) is 4.25. The van der Waals surface area contributed by atoms with E-state index in [1.807, 2.05) is 25.1 Å². The normalized spacial score (nSPS) is 10.5. The monoisotopic (exact) mass is 203 g/mol. The van der Waals surface area contributed by atoms with Crippen LogP contribution < -0.4 is 0 Å². The SMILES string of the molecule is CCc1c(CO)cnn1-c1ccccn1. The van der Waals surface area contributed by atoms with Crippen LogP contribution in [0.3, 0.4) is 0 Å². The lowest BCUT2D eigenvalue weighted by Crippen LogP contribution is -2.04. The molecular formula is C11H13N3O. The van der Waals surface area contributed by atoms with Gasteiger partial charge >= 0.3 is 0 Å². The third-order valence-electron chi connectivity index (χ3n) is 2.33. The summed E-state index contributed by atoms with van der Waals surface area (Å²) in [7, 11) is 0. The van der Waals surface area contributed by atoms with E-state index in [4.69, 9.17) is 5.11 Å². The topological polar surface area (TPSA) is 50.9 Å². The molecule has 0 aliphatic carbocycles. The highest BCUT2D eigenvalue weighted by atomic mass is 16.3. The van der Waals surface area contributed by atoms with Gasteiger partial charge in [0.2, 0.25) is 0 Å². The largest absolute Gasteiger partial charge is 0.392 e. The first-order valence-corrected chi connectivity index (χ1v) is 4.95. The molecule has 4 nitrogen and oxygen atoms in total. The van der Waals surface area contributed by atoms with Crippen LogP contribution in [0, 0.1) is 0 Å². The van der Waals surface area contributed by atoms with E-state index in [2.05, 4.69) is 10.1 Å². The molecular weight excluding hydrogens is 190 g/mol. The average molecular weight is 203 g/mol. The third-order valence-corrected chi connectivity index (χ3v) is 2.33. The van der Waals surface area contributed by atoms with Crippen LogP contribution in [0.15, 0.2) is 30.6 Å². The Bertz CT molecular complexity index is 436. The Balaban J connectivity index is 2.49. The van der Waals surface area contributed by atoms with Gasteiger partial charge in [-0.05, 0) is 18.6 Å². The van der Waals surface area contributed by atoms with Crippen LogP contribution in [-0.2, 0) is 13.0 Å². The van der Waals surface area contributed by atoms with Crippen molar-refractivity contribution in [3.05, 3.63) is 41.9 Å². The first-order chi connectivity index (χ1) is 7.36. The van der Waals surface area contributed by atoms with Gasteiger partial charge in [0.1, 0.15) is 0 Å². The van der Waals surface area contributed by atoms with Crippen molar-refractivity contribution in [1.82, 2.24) is 14.8 Å². The molecule has 2 aromatic heterocycles. The predicted octanol–water partition coefficient (Wildman–Crippen LogP) is 1.32. The summed E-state index contributed by atoms with van der Waals surface area (Å²) in [6, 6.07) is 5.68. The van der Waals surface area contributed by atoms with Gasteiger partial charge in [0.15, 0.2) is 5.82 Å². The Hall–Kier alpha value is -1.68. The molecule has 4 heteroatoms. The Labute approximate surface area is 88.2 Å². The summed E-state index contributed by atoms with van der Waals surface area (Å²) < 4.78 is 1.77. The van der Waals surface area contributed by atoms with Gasteiger partial charge in [-0.15, -0.1) is 0 Å². The number of hydrogen-bond acceptors (Lipinski definition) is 3. The van der Waals surface area contributed by atoms with Gasteiger partial charge in [-0.25, -0.2) is 9.67 Å². The number of hydrogen-bond donors (Lipinski definition) is 1. The van der Waals surface area contributed by atoms with Crippen molar-refractivity contribution < 1.29 is 5.11 Å². The van der Waals surface area contributed by atoms with Crippen molar-refractivity contribution in [2.45, 2.75) is 20.0 Å². The van der Waals surface area contributed by atoms with Gasteiger partial charge < -0.3 is 5.11 Å². The molecule has 2 rings (SSSR count). The summed E-state index contributed by atoms with van der Waals surface area (Å²) in [5.74, 6) is 0.786. The molecule has 0 spiro atoms. The van der Waals surface area contributed by atoms with Crippen LogP contribution in [0.5, 0.6) is 0 Å². The average Bonchev–Trinajstić information content (AvgIpc) is 2.72. The second-order valence-corrected chi connectivity index (χ2v) is 3.23. The Morgan fingerprint density at radius 2 is 2.27 bits per heavy atom. The zero-order valence-corrected chi connectivity index (χ0v) is 8.59. The lowest BCUT2D eigenvalue weighted by atomic mass is 10.2. The highest BCUT2D eigenvalue weighted by molar-refractivity contribution is 5.28. The van der Waals surface area contributed by atoms with E-state index in [-0.39, 0.29) is 6.61 Å². The molecule has 0 amide bonds. The predicted molar refractivity (Wildman–Crippen MR) is 56.7 cm³/mol. The summed E-state index contributed by atoms with van der Waals surface area (Å²) in [5, 5.41) is 13.4. The molecule has 0 saturated heterocycles.